The minimum Gasteiger partial charge on any atom is -0.462 e. The number of aromatic nitrogens is 1. The van der Waals surface area contributed by atoms with E-state index < -0.39 is 23.9 Å². The highest BCUT2D eigenvalue weighted by Gasteiger charge is 2.27. The average Bonchev–Trinajstić information content (AvgIpc) is 3.35. The third-order valence-electron chi connectivity index (χ3n) is 4.44. The number of esters is 2. The quantitative estimate of drug-likeness (QED) is 0.547. The smallest absolute Gasteiger partial charge is 0.348 e. The first-order valence-corrected chi connectivity index (χ1v) is 10.3. The van der Waals surface area contributed by atoms with Crippen molar-refractivity contribution in [1.29, 1.82) is 5.26 Å². The number of fused-ring (bicyclic) bond motifs is 1. The van der Waals surface area contributed by atoms with Gasteiger partial charge in [0.05, 0.1) is 17.7 Å². The third kappa shape index (κ3) is 4.57. The number of hydrogen-bond acceptors (Lipinski definition) is 9. The van der Waals surface area contributed by atoms with Crippen molar-refractivity contribution in [3.05, 3.63) is 46.2 Å². The topological polar surface area (TPSA) is 132 Å². The van der Waals surface area contributed by atoms with Crippen LogP contribution >= 0.6 is 11.3 Å². The normalized spacial score (nSPS) is 11.5. The zero-order valence-corrected chi connectivity index (χ0v) is 17.9. The predicted molar refractivity (Wildman–Crippen MR) is 112 cm³/mol. The summed E-state index contributed by atoms with van der Waals surface area (Å²) in [5.41, 5.74) is 1.82. The van der Waals surface area contributed by atoms with Crippen LogP contribution in [0.4, 0.5) is 5.00 Å². The molecular formula is C21H19N3O6S. The maximum Gasteiger partial charge on any atom is 0.348 e. The standard InChI is InChI=1S/C21H19N3O6S/c1-4-15(30-20(26)12-6-7-14-16(8-12)29-10-23-14)18(25)24-19-13(9-22)11(3)17(31-19)21(27)28-5-2/h6-8,10,15H,4-5H2,1-3H3,(H,24,25). The van der Waals surface area contributed by atoms with Gasteiger partial charge < -0.3 is 19.2 Å². The zero-order chi connectivity index (χ0) is 22.5. The monoisotopic (exact) mass is 441 g/mol. The van der Waals surface area contributed by atoms with E-state index >= 15 is 0 Å². The maximum atomic E-state index is 12.7. The van der Waals surface area contributed by atoms with Gasteiger partial charge in [0.15, 0.2) is 18.1 Å². The largest absolute Gasteiger partial charge is 0.462 e. The molecule has 0 saturated heterocycles. The summed E-state index contributed by atoms with van der Waals surface area (Å²) in [4.78, 5) is 41.5. The molecule has 3 aromatic rings. The molecule has 1 aromatic carbocycles. The van der Waals surface area contributed by atoms with E-state index in [2.05, 4.69) is 10.3 Å². The van der Waals surface area contributed by atoms with Crippen molar-refractivity contribution in [3.63, 3.8) is 0 Å². The van der Waals surface area contributed by atoms with Gasteiger partial charge in [-0.25, -0.2) is 14.6 Å². The fraction of sp³-hybridized carbons (Fsp3) is 0.286. The van der Waals surface area contributed by atoms with Gasteiger partial charge in [-0.1, -0.05) is 6.92 Å². The van der Waals surface area contributed by atoms with Gasteiger partial charge in [0.25, 0.3) is 5.91 Å². The predicted octanol–water partition coefficient (Wildman–Crippen LogP) is 3.82. The molecule has 9 nitrogen and oxygen atoms in total. The van der Waals surface area contributed by atoms with Crippen LogP contribution in [0.1, 0.15) is 51.4 Å². The van der Waals surface area contributed by atoms with Crippen LogP contribution in [-0.4, -0.2) is 35.5 Å². The molecule has 0 fully saturated rings. The van der Waals surface area contributed by atoms with Crippen molar-refractivity contribution < 1.29 is 28.3 Å². The number of carbonyl (C=O) groups excluding carboxylic acids is 3. The van der Waals surface area contributed by atoms with Crippen molar-refractivity contribution in [2.24, 2.45) is 0 Å². The lowest BCUT2D eigenvalue weighted by Crippen LogP contribution is -2.32. The van der Waals surface area contributed by atoms with Crippen molar-refractivity contribution in [3.8, 4) is 6.07 Å². The summed E-state index contributed by atoms with van der Waals surface area (Å²) in [5, 5.41) is 12.2. The van der Waals surface area contributed by atoms with Crippen molar-refractivity contribution >= 4 is 45.3 Å². The van der Waals surface area contributed by atoms with Gasteiger partial charge in [0, 0.05) is 0 Å². The highest BCUT2D eigenvalue weighted by Crippen LogP contribution is 2.33. The van der Waals surface area contributed by atoms with Crippen LogP contribution < -0.4 is 5.32 Å². The number of anilines is 1. The van der Waals surface area contributed by atoms with Crippen molar-refractivity contribution in [2.75, 3.05) is 11.9 Å². The molecule has 160 valence electrons. The zero-order valence-electron chi connectivity index (χ0n) is 17.1. The highest BCUT2D eigenvalue weighted by atomic mass is 32.1. The lowest BCUT2D eigenvalue weighted by molar-refractivity contribution is -0.124. The molecule has 3 rings (SSSR count). The van der Waals surface area contributed by atoms with Crippen molar-refractivity contribution in [2.45, 2.75) is 33.3 Å². The number of nitrogens with one attached hydrogen (secondary N) is 1. The summed E-state index contributed by atoms with van der Waals surface area (Å²) >= 11 is 0.944. The van der Waals surface area contributed by atoms with E-state index in [1.54, 1.807) is 26.8 Å². The van der Waals surface area contributed by atoms with Gasteiger partial charge >= 0.3 is 11.9 Å². The molecule has 0 bridgehead atoms. The molecule has 1 amide bonds. The number of carbonyl (C=O) groups is 3. The van der Waals surface area contributed by atoms with Crippen molar-refractivity contribution in [1.82, 2.24) is 4.98 Å². The molecular weight excluding hydrogens is 422 g/mol. The number of ether oxygens (including phenoxy) is 2. The number of amides is 1. The lowest BCUT2D eigenvalue weighted by atomic mass is 10.1. The molecule has 1 atom stereocenters. The fourth-order valence-electron chi connectivity index (χ4n) is 2.82. The molecule has 0 radical (unpaired) electrons. The maximum absolute atomic E-state index is 12.7. The van der Waals surface area contributed by atoms with E-state index in [9.17, 15) is 19.6 Å². The number of thiophene rings is 1. The summed E-state index contributed by atoms with van der Waals surface area (Å²) < 4.78 is 15.5. The first-order chi connectivity index (χ1) is 14.9. The van der Waals surface area contributed by atoms with E-state index in [1.165, 1.54) is 18.5 Å². The van der Waals surface area contributed by atoms with Gasteiger partial charge in [-0.3, -0.25) is 4.79 Å². The summed E-state index contributed by atoms with van der Waals surface area (Å²) in [7, 11) is 0. The molecule has 2 aromatic heterocycles. The summed E-state index contributed by atoms with van der Waals surface area (Å²) in [5.74, 6) is -1.87. The molecule has 0 aliphatic rings. The highest BCUT2D eigenvalue weighted by molar-refractivity contribution is 7.18. The second-order valence-corrected chi connectivity index (χ2v) is 7.44. The average molecular weight is 441 g/mol. The van der Waals surface area contributed by atoms with Gasteiger partial charge in [-0.15, -0.1) is 11.3 Å². The Morgan fingerprint density at radius 2 is 2.06 bits per heavy atom. The Balaban J connectivity index is 1.76. The Kier molecular flexibility index (Phi) is 6.67. The van der Waals surface area contributed by atoms with Crippen LogP contribution in [0.25, 0.3) is 11.1 Å². The minimum atomic E-state index is -1.10. The number of nitrogens with zero attached hydrogens (tertiary/aromatic N) is 2. The molecule has 1 N–H and O–H groups in total. The number of nitriles is 1. The molecule has 0 spiro atoms. The first kappa shape index (κ1) is 22.0. The molecule has 0 aliphatic carbocycles. The second kappa shape index (κ2) is 9.40. The molecule has 31 heavy (non-hydrogen) atoms. The van der Waals surface area contributed by atoms with E-state index in [1.807, 2.05) is 6.07 Å². The number of hydrogen-bond donors (Lipinski definition) is 1. The molecule has 0 saturated carbocycles. The van der Waals surface area contributed by atoms with Crippen LogP contribution in [0.2, 0.25) is 0 Å². The van der Waals surface area contributed by atoms with E-state index in [-0.39, 0.29) is 34.0 Å². The fourth-order valence-corrected chi connectivity index (χ4v) is 3.88. The Morgan fingerprint density at radius 1 is 1.29 bits per heavy atom. The Hall–Kier alpha value is -3.71. The number of oxazole rings is 1. The van der Waals surface area contributed by atoms with Crippen LogP contribution in [0, 0.1) is 18.3 Å². The SMILES string of the molecule is CCOC(=O)c1sc(NC(=O)C(CC)OC(=O)c2ccc3ncoc3c2)c(C#N)c1C. The van der Waals surface area contributed by atoms with Crippen LogP contribution in [0.15, 0.2) is 29.0 Å². The lowest BCUT2D eigenvalue weighted by Gasteiger charge is -2.15. The third-order valence-corrected chi connectivity index (χ3v) is 5.62. The van der Waals surface area contributed by atoms with Crippen LogP contribution in [0.5, 0.6) is 0 Å². The van der Waals surface area contributed by atoms with Gasteiger partial charge in [-0.2, -0.15) is 5.26 Å². The van der Waals surface area contributed by atoms with Gasteiger partial charge in [0.2, 0.25) is 0 Å². The van der Waals surface area contributed by atoms with E-state index in [4.69, 9.17) is 13.9 Å². The summed E-state index contributed by atoms with van der Waals surface area (Å²) in [6.45, 7) is 5.16. The van der Waals surface area contributed by atoms with Gasteiger partial charge in [0.1, 0.15) is 21.5 Å². The van der Waals surface area contributed by atoms with Crippen LogP contribution in [0.3, 0.4) is 0 Å². The number of rotatable bonds is 7. The second-order valence-electron chi connectivity index (χ2n) is 6.42. The molecule has 2 heterocycles. The molecule has 1 unspecified atom stereocenters. The first-order valence-electron chi connectivity index (χ1n) is 9.45. The molecule has 0 aliphatic heterocycles. The number of benzene rings is 1. The van der Waals surface area contributed by atoms with Gasteiger partial charge in [-0.05, 0) is 44.0 Å². The summed E-state index contributed by atoms with van der Waals surface area (Å²) in [6, 6.07) is 6.61. The minimum absolute atomic E-state index is 0.165. The van der Waals surface area contributed by atoms with E-state index in [0.29, 0.717) is 16.7 Å². The molecule has 10 heteroatoms. The Bertz CT molecular complexity index is 1190. The Labute approximate surface area is 181 Å². The van der Waals surface area contributed by atoms with E-state index in [0.717, 1.165) is 11.3 Å². The van der Waals surface area contributed by atoms with Crippen LogP contribution in [-0.2, 0) is 14.3 Å². The summed E-state index contributed by atoms with van der Waals surface area (Å²) in [6.07, 6.45) is 0.375. The Morgan fingerprint density at radius 3 is 2.74 bits per heavy atom.